The first kappa shape index (κ1) is 18.0. The van der Waals surface area contributed by atoms with Gasteiger partial charge in [-0.3, -0.25) is 9.69 Å². The van der Waals surface area contributed by atoms with Gasteiger partial charge in [0.1, 0.15) is 0 Å². The highest BCUT2D eigenvalue weighted by Crippen LogP contribution is 2.21. The molecule has 4 N–H and O–H groups in total. The van der Waals surface area contributed by atoms with E-state index in [1.54, 1.807) is 6.07 Å². The smallest absolute Gasteiger partial charge is 0.319 e. The first-order valence-corrected chi connectivity index (χ1v) is 8.91. The molecule has 2 saturated heterocycles. The molecule has 2 aliphatic rings. The molecule has 2 fully saturated rings. The summed E-state index contributed by atoms with van der Waals surface area (Å²) in [5.41, 5.74) is 5.94. The molecule has 0 aromatic heterocycles. The molecule has 7 nitrogen and oxygen atoms in total. The molecule has 2 atom stereocenters. The van der Waals surface area contributed by atoms with Crippen molar-refractivity contribution in [1.82, 2.24) is 10.2 Å². The van der Waals surface area contributed by atoms with E-state index in [2.05, 4.69) is 15.5 Å². The van der Waals surface area contributed by atoms with Crippen LogP contribution in [0.4, 0.5) is 10.5 Å². The molecule has 2 heterocycles. The van der Waals surface area contributed by atoms with Crippen molar-refractivity contribution in [2.45, 2.75) is 31.3 Å². The maximum atomic E-state index is 12.3. The molecule has 1 aromatic carbocycles. The first-order valence-electron chi connectivity index (χ1n) is 8.53. The molecule has 0 spiro atoms. The monoisotopic (exact) mass is 366 g/mol. The summed E-state index contributed by atoms with van der Waals surface area (Å²) in [4.78, 5) is 25.9. The van der Waals surface area contributed by atoms with E-state index >= 15 is 0 Å². The number of halogens is 1. The van der Waals surface area contributed by atoms with Crippen molar-refractivity contribution in [3.8, 4) is 0 Å². The molecular weight excluding hydrogens is 344 g/mol. The number of anilines is 1. The Kier molecular flexibility index (Phi) is 5.78. The largest absolute Gasteiger partial charge is 0.378 e. The molecule has 1 aromatic rings. The van der Waals surface area contributed by atoms with E-state index in [9.17, 15) is 9.59 Å². The SMILES string of the molecule is NC(=O)c1ccc(NC(=O)N[C@@H]2COC[C@H]2N2CCCCC2)cc1Cl. The summed E-state index contributed by atoms with van der Waals surface area (Å²) in [6, 6.07) is 4.45. The summed E-state index contributed by atoms with van der Waals surface area (Å²) in [5, 5.41) is 5.93. The lowest BCUT2D eigenvalue weighted by atomic mass is 10.1. The van der Waals surface area contributed by atoms with Gasteiger partial charge in [0.05, 0.1) is 35.9 Å². The molecule has 2 aliphatic heterocycles. The van der Waals surface area contributed by atoms with E-state index in [1.165, 1.54) is 31.4 Å². The number of ether oxygens (including phenoxy) is 1. The molecule has 0 unspecified atom stereocenters. The second-order valence-electron chi connectivity index (χ2n) is 6.47. The van der Waals surface area contributed by atoms with Crippen molar-refractivity contribution in [3.05, 3.63) is 28.8 Å². The Morgan fingerprint density at radius 3 is 2.64 bits per heavy atom. The maximum Gasteiger partial charge on any atom is 0.319 e. The number of urea groups is 1. The van der Waals surface area contributed by atoms with Crippen LogP contribution in [0.3, 0.4) is 0 Å². The summed E-state index contributed by atoms with van der Waals surface area (Å²) < 4.78 is 5.58. The Balaban J connectivity index is 1.58. The van der Waals surface area contributed by atoms with Crippen LogP contribution in [0.2, 0.25) is 5.02 Å². The first-order chi connectivity index (χ1) is 12.0. The number of carbonyl (C=O) groups is 2. The van der Waals surface area contributed by atoms with Crippen LogP contribution in [0.25, 0.3) is 0 Å². The minimum atomic E-state index is -0.603. The molecule has 3 rings (SSSR count). The van der Waals surface area contributed by atoms with Gasteiger partial charge in [-0.15, -0.1) is 0 Å². The Labute approximate surface area is 151 Å². The van der Waals surface area contributed by atoms with Crippen molar-refractivity contribution in [3.63, 3.8) is 0 Å². The van der Waals surface area contributed by atoms with Crippen molar-refractivity contribution >= 4 is 29.2 Å². The van der Waals surface area contributed by atoms with Crippen LogP contribution in [-0.2, 0) is 4.74 Å². The molecule has 25 heavy (non-hydrogen) atoms. The third-order valence-electron chi connectivity index (χ3n) is 4.72. The molecular formula is C17H23ClN4O3. The van der Waals surface area contributed by atoms with Crippen LogP contribution in [0.1, 0.15) is 29.6 Å². The summed E-state index contributed by atoms with van der Waals surface area (Å²) in [5.74, 6) is -0.603. The van der Waals surface area contributed by atoms with Gasteiger partial charge in [0, 0.05) is 5.69 Å². The Bertz CT molecular complexity index is 649. The van der Waals surface area contributed by atoms with Crippen LogP contribution in [0.5, 0.6) is 0 Å². The van der Waals surface area contributed by atoms with Gasteiger partial charge in [0.15, 0.2) is 0 Å². The van der Waals surface area contributed by atoms with Crippen LogP contribution in [-0.4, -0.2) is 55.2 Å². The molecule has 0 bridgehead atoms. The number of hydrogen-bond acceptors (Lipinski definition) is 4. The fourth-order valence-electron chi connectivity index (χ4n) is 3.42. The van der Waals surface area contributed by atoms with Gasteiger partial charge in [-0.2, -0.15) is 0 Å². The quantitative estimate of drug-likeness (QED) is 0.757. The summed E-state index contributed by atoms with van der Waals surface area (Å²) >= 11 is 6.00. The number of likely N-dealkylation sites (tertiary alicyclic amines) is 1. The standard InChI is InChI=1S/C17H23ClN4O3/c18-13-8-11(4-5-12(13)16(19)23)20-17(24)21-14-9-25-10-15(14)22-6-2-1-3-7-22/h4-5,8,14-15H,1-3,6-7,9-10H2,(H2,19,23)(H2,20,21,24)/t14-,15-/m1/s1. The van der Waals surface area contributed by atoms with Crippen molar-refractivity contribution < 1.29 is 14.3 Å². The Morgan fingerprint density at radius 1 is 1.20 bits per heavy atom. The highest BCUT2D eigenvalue weighted by molar-refractivity contribution is 6.34. The van der Waals surface area contributed by atoms with Gasteiger partial charge < -0.3 is 21.1 Å². The lowest BCUT2D eigenvalue weighted by molar-refractivity contribution is 0.100. The Hall–Kier alpha value is -1.83. The minimum absolute atomic E-state index is 0.0431. The van der Waals surface area contributed by atoms with E-state index in [0.717, 1.165) is 13.1 Å². The predicted molar refractivity (Wildman–Crippen MR) is 95.9 cm³/mol. The van der Waals surface area contributed by atoms with Gasteiger partial charge >= 0.3 is 6.03 Å². The molecule has 0 aliphatic carbocycles. The zero-order valence-corrected chi connectivity index (χ0v) is 14.7. The number of benzene rings is 1. The molecule has 136 valence electrons. The van der Waals surface area contributed by atoms with E-state index in [-0.39, 0.29) is 28.7 Å². The number of nitrogens with one attached hydrogen (secondary N) is 2. The van der Waals surface area contributed by atoms with Gasteiger partial charge in [-0.25, -0.2) is 4.79 Å². The second kappa shape index (κ2) is 8.03. The maximum absolute atomic E-state index is 12.3. The number of amides is 3. The number of nitrogens with zero attached hydrogens (tertiary/aromatic N) is 1. The van der Waals surface area contributed by atoms with Gasteiger partial charge in [0.2, 0.25) is 5.91 Å². The summed E-state index contributed by atoms with van der Waals surface area (Å²) in [6.07, 6.45) is 3.66. The van der Waals surface area contributed by atoms with Crippen molar-refractivity contribution in [2.75, 3.05) is 31.6 Å². The number of rotatable bonds is 4. The normalized spacial score (nSPS) is 24.0. The predicted octanol–water partition coefficient (Wildman–Crippen LogP) is 1.81. The van der Waals surface area contributed by atoms with Crippen LogP contribution < -0.4 is 16.4 Å². The van der Waals surface area contributed by atoms with Crippen LogP contribution in [0.15, 0.2) is 18.2 Å². The second-order valence-corrected chi connectivity index (χ2v) is 6.87. The van der Waals surface area contributed by atoms with E-state index < -0.39 is 5.91 Å². The summed E-state index contributed by atoms with van der Waals surface area (Å²) in [6.45, 7) is 3.26. The lowest BCUT2D eigenvalue weighted by Crippen LogP contribution is -2.53. The number of primary amides is 1. The molecule has 8 heteroatoms. The Morgan fingerprint density at radius 2 is 1.96 bits per heavy atom. The van der Waals surface area contributed by atoms with Gasteiger partial charge in [0.25, 0.3) is 0 Å². The molecule has 0 saturated carbocycles. The fourth-order valence-corrected chi connectivity index (χ4v) is 3.69. The lowest BCUT2D eigenvalue weighted by Gasteiger charge is -2.34. The van der Waals surface area contributed by atoms with Crippen molar-refractivity contribution in [2.24, 2.45) is 5.73 Å². The van der Waals surface area contributed by atoms with Crippen LogP contribution in [0, 0.1) is 0 Å². The van der Waals surface area contributed by atoms with E-state index in [4.69, 9.17) is 22.1 Å². The number of carbonyl (C=O) groups excluding carboxylic acids is 2. The number of hydrogen-bond donors (Lipinski definition) is 3. The van der Waals surface area contributed by atoms with Crippen LogP contribution >= 0.6 is 11.6 Å². The number of nitrogens with two attached hydrogens (primary N) is 1. The number of piperidine rings is 1. The van der Waals surface area contributed by atoms with E-state index in [1.807, 2.05) is 0 Å². The minimum Gasteiger partial charge on any atom is -0.378 e. The van der Waals surface area contributed by atoms with Gasteiger partial charge in [-0.05, 0) is 44.1 Å². The molecule has 3 amide bonds. The van der Waals surface area contributed by atoms with E-state index in [0.29, 0.717) is 18.9 Å². The summed E-state index contributed by atoms with van der Waals surface area (Å²) in [7, 11) is 0. The zero-order chi connectivity index (χ0) is 17.8. The average molecular weight is 367 g/mol. The van der Waals surface area contributed by atoms with Gasteiger partial charge in [-0.1, -0.05) is 18.0 Å². The highest BCUT2D eigenvalue weighted by atomic mass is 35.5. The third kappa shape index (κ3) is 4.42. The zero-order valence-electron chi connectivity index (χ0n) is 14.0. The fraction of sp³-hybridized carbons (Fsp3) is 0.529. The molecule has 0 radical (unpaired) electrons. The highest BCUT2D eigenvalue weighted by Gasteiger charge is 2.34. The van der Waals surface area contributed by atoms with Crippen molar-refractivity contribution in [1.29, 1.82) is 0 Å². The topological polar surface area (TPSA) is 96.7 Å². The third-order valence-corrected chi connectivity index (χ3v) is 5.03. The average Bonchev–Trinajstić information content (AvgIpc) is 3.03.